The molecule has 0 N–H and O–H groups in total. The average molecular weight is 223 g/mol. The van der Waals surface area contributed by atoms with Crippen LogP contribution in [0.4, 0.5) is 5.69 Å². The molecule has 78 valence electrons. The zero-order valence-corrected chi connectivity index (χ0v) is 9.00. The van der Waals surface area contributed by atoms with Crippen LogP contribution in [0.2, 0.25) is 5.02 Å². The maximum Gasteiger partial charge on any atom is 0.101 e. The van der Waals surface area contributed by atoms with Crippen molar-refractivity contribution in [1.82, 2.24) is 0 Å². The first-order valence-corrected chi connectivity index (χ1v) is 5.22. The molecule has 15 heavy (non-hydrogen) atoms. The van der Waals surface area contributed by atoms with Gasteiger partial charge in [0.2, 0.25) is 0 Å². The van der Waals surface area contributed by atoms with Gasteiger partial charge in [-0.25, -0.2) is 0 Å². The number of nitrogens with zero attached hydrogens (tertiary/aromatic N) is 2. The van der Waals surface area contributed by atoms with E-state index in [0.29, 0.717) is 23.8 Å². The molecule has 0 aromatic heterocycles. The van der Waals surface area contributed by atoms with Crippen molar-refractivity contribution in [3.63, 3.8) is 0 Å². The lowest BCUT2D eigenvalue weighted by atomic mass is 10.1. The molecule has 0 atom stereocenters. The van der Waals surface area contributed by atoms with Crippen molar-refractivity contribution >= 4 is 17.3 Å². The molecule has 1 heterocycles. The molecule has 0 saturated carbocycles. The van der Waals surface area contributed by atoms with Gasteiger partial charge in [-0.2, -0.15) is 5.26 Å². The number of rotatable bonds is 1. The molecule has 0 unspecified atom stereocenters. The number of para-hydroxylation sites is 1. The number of morpholine rings is 1. The summed E-state index contributed by atoms with van der Waals surface area (Å²) in [6.07, 6.45) is 0. The molecular formula is C11H11ClN2O. The standard InChI is InChI=1S/C11H11ClN2O/c12-10-3-1-2-9(8-13)11(10)14-4-6-15-7-5-14/h1-3H,4-7H2. The highest BCUT2D eigenvalue weighted by molar-refractivity contribution is 6.33. The van der Waals surface area contributed by atoms with Gasteiger partial charge in [-0.3, -0.25) is 0 Å². The molecule has 1 aliphatic rings. The SMILES string of the molecule is N#Cc1cccc(Cl)c1N1CCOCC1. The van der Waals surface area contributed by atoms with Crippen molar-refractivity contribution in [2.45, 2.75) is 0 Å². The number of anilines is 1. The fraction of sp³-hybridized carbons (Fsp3) is 0.364. The van der Waals surface area contributed by atoms with Crippen molar-refractivity contribution in [3.05, 3.63) is 28.8 Å². The van der Waals surface area contributed by atoms with Gasteiger partial charge in [0.15, 0.2) is 0 Å². The Kier molecular flexibility index (Phi) is 3.10. The second-order valence-electron chi connectivity index (χ2n) is 3.35. The van der Waals surface area contributed by atoms with E-state index in [1.807, 2.05) is 6.07 Å². The maximum atomic E-state index is 9.01. The lowest BCUT2D eigenvalue weighted by Crippen LogP contribution is -2.36. The van der Waals surface area contributed by atoms with Crippen LogP contribution in [0.1, 0.15) is 5.56 Å². The summed E-state index contributed by atoms with van der Waals surface area (Å²) in [5.41, 5.74) is 1.47. The largest absolute Gasteiger partial charge is 0.378 e. The minimum atomic E-state index is 0.629. The van der Waals surface area contributed by atoms with Gasteiger partial charge in [0.1, 0.15) is 6.07 Å². The summed E-state index contributed by atoms with van der Waals surface area (Å²) in [5, 5.41) is 9.64. The van der Waals surface area contributed by atoms with E-state index < -0.39 is 0 Å². The molecule has 2 rings (SSSR count). The molecule has 0 aliphatic carbocycles. The third kappa shape index (κ3) is 2.06. The highest BCUT2D eigenvalue weighted by Crippen LogP contribution is 2.29. The van der Waals surface area contributed by atoms with Crippen molar-refractivity contribution in [2.75, 3.05) is 31.2 Å². The summed E-state index contributed by atoms with van der Waals surface area (Å²) in [7, 11) is 0. The Hall–Kier alpha value is -1.24. The first-order chi connectivity index (χ1) is 7.33. The molecule has 1 fully saturated rings. The van der Waals surface area contributed by atoms with Crippen LogP contribution < -0.4 is 4.90 Å². The number of hydrogen-bond acceptors (Lipinski definition) is 3. The smallest absolute Gasteiger partial charge is 0.101 e. The fourth-order valence-corrected chi connectivity index (χ4v) is 2.01. The van der Waals surface area contributed by atoms with Gasteiger partial charge in [0.25, 0.3) is 0 Å². The van der Waals surface area contributed by atoms with Crippen molar-refractivity contribution in [2.24, 2.45) is 0 Å². The lowest BCUT2D eigenvalue weighted by molar-refractivity contribution is 0.122. The monoisotopic (exact) mass is 222 g/mol. The first-order valence-electron chi connectivity index (χ1n) is 4.84. The van der Waals surface area contributed by atoms with E-state index in [2.05, 4.69) is 11.0 Å². The van der Waals surface area contributed by atoms with E-state index in [-0.39, 0.29) is 0 Å². The number of ether oxygens (including phenoxy) is 1. The molecule has 1 saturated heterocycles. The van der Waals surface area contributed by atoms with Crippen LogP contribution in [0.25, 0.3) is 0 Å². The Morgan fingerprint density at radius 1 is 1.33 bits per heavy atom. The topological polar surface area (TPSA) is 36.3 Å². The van der Waals surface area contributed by atoms with Gasteiger partial charge >= 0.3 is 0 Å². The summed E-state index contributed by atoms with van der Waals surface area (Å²) in [4.78, 5) is 2.10. The van der Waals surface area contributed by atoms with Crippen molar-refractivity contribution < 1.29 is 4.74 Å². The van der Waals surface area contributed by atoms with Crippen LogP contribution in [0.5, 0.6) is 0 Å². The van der Waals surface area contributed by atoms with E-state index in [1.165, 1.54) is 0 Å². The van der Waals surface area contributed by atoms with Crippen molar-refractivity contribution in [1.29, 1.82) is 5.26 Å². The molecule has 0 bridgehead atoms. The Balaban J connectivity index is 2.37. The molecule has 3 nitrogen and oxygen atoms in total. The molecule has 1 aromatic rings. The average Bonchev–Trinajstić information content (AvgIpc) is 2.29. The van der Waals surface area contributed by atoms with Crippen LogP contribution in [0.3, 0.4) is 0 Å². The first kappa shape index (κ1) is 10.3. The molecule has 1 aromatic carbocycles. The summed E-state index contributed by atoms with van der Waals surface area (Å²) in [6.45, 7) is 2.96. The van der Waals surface area contributed by atoms with Gasteiger partial charge in [-0.15, -0.1) is 0 Å². The second kappa shape index (κ2) is 4.52. The Bertz CT molecular complexity index is 394. The number of hydrogen-bond donors (Lipinski definition) is 0. The number of benzene rings is 1. The van der Waals surface area contributed by atoms with Gasteiger partial charge in [-0.05, 0) is 12.1 Å². The van der Waals surface area contributed by atoms with Crippen LogP contribution in [0.15, 0.2) is 18.2 Å². The quantitative estimate of drug-likeness (QED) is 0.730. The molecule has 0 amide bonds. The third-order valence-corrected chi connectivity index (χ3v) is 2.74. The van der Waals surface area contributed by atoms with Gasteiger partial charge in [-0.1, -0.05) is 17.7 Å². The van der Waals surface area contributed by atoms with Gasteiger partial charge in [0.05, 0.1) is 29.5 Å². The van der Waals surface area contributed by atoms with Gasteiger partial charge < -0.3 is 9.64 Å². The molecular weight excluding hydrogens is 212 g/mol. The summed E-state index contributed by atoms with van der Waals surface area (Å²) in [6, 6.07) is 7.56. The Morgan fingerprint density at radius 3 is 2.73 bits per heavy atom. The van der Waals surface area contributed by atoms with E-state index >= 15 is 0 Å². The normalized spacial score (nSPS) is 16.1. The summed E-state index contributed by atoms with van der Waals surface area (Å²) in [5.74, 6) is 0. The highest BCUT2D eigenvalue weighted by atomic mass is 35.5. The van der Waals surface area contributed by atoms with Crippen LogP contribution in [-0.4, -0.2) is 26.3 Å². The fourth-order valence-electron chi connectivity index (χ4n) is 1.71. The predicted octanol–water partition coefficient (Wildman–Crippen LogP) is 2.05. The van der Waals surface area contributed by atoms with E-state index in [1.54, 1.807) is 12.1 Å². The number of nitriles is 1. The Labute approximate surface area is 93.8 Å². The van der Waals surface area contributed by atoms with E-state index in [0.717, 1.165) is 18.8 Å². The van der Waals surface area contributed by atoms with Crippen LogP contribution in [-0.2, 0) is 4.74 Å². The maximum absolute atomic E-state index is 9.01. The van der Waals surface area contributed by atoms with Crippen LogP contribution >= 0.6 is 11.6 Å². The second-order valence-corrected chi connectivity index (χ2v) is 3.75. The zero-order valence-electron chi connectivity index (χ0n) is 8.24. The lowest BCUT2D eigenvalue weighted by Gasteiger charge is -2.30. The minimum Gasteiger partial charge on any atom is -0.378 e. The summed E-state index contributed by atoms with van der Waals surface area (Å²) >= 11 is 6.11. The minimum absolute atomic E-state index is 0.629. The molecule has 4 heteroatoms. The number of halogens is 1. The van der Waals surface area contributed by atoms with E-state index in [9.17, 15) is 0 Å². The van der Waals surface area contributed by atoms with E-state index in [4.69, 9.17) is 21.6 Å². The third-order valence-electron chi connectivity index (χ3n) is 2.43. The van der Waals surface area contributed by atoms with Gasteiger partial charge in [0, 0.05) is 13.1 Å². The zero-order chi connectivity index (χ0) is 10.7. The Morgan fingerprint density at radius 2 is 2.07 bits per heavy atom. The molecule has 1 aliphatic heterocycles. The molecule has 0 radical (unpaired) electrons. The van der Waals surface area contributed by atoms with Crippen molar-refractivity contribution in [3.8, 4) is 6.07 Å². The molecule has 0 spiro atoms. The van der Waals surface area contributed by atoms with Crippen LogP contribution in [0, 0.1) is 11.3 Å². The highest BCUT2D eigenvalue weighted by Gasteiger charge is 2.17. The predicted molar refractivity (Wildman–Crippen MR) is 59.2 cm³/mol. The summed E-state index contributed by atoms with van der Waals surface area (Å²) < 4.78 is 5.27.